The molecule has 0 saturated carbocycles. The molecule has 140 valence electrons. The van der Waals surface area contributed by atoms with Crippen LogP contribution in [0.1, 0.15) is 28.7 Å². The summed E-state index contributed by atoms with van der Waals surface area (Å²) >= 11 is 0. The quantitative estimate of drug-likeness (QED) is 0.640. The van der Waals surface area contributed by atoms with Gasteiger partial charge in [-0.2, -0.15) is 0 Å². The predicted octanol–water partition coefficient (Wildman–Crippen LogP) is 5.05. The molecule has 0 unspecified atom stereocenters. The Kier molecular flexibility index (Phi) is 6.25. The number of rotatable bonds is 7. The molecule has 0 amide bonds. The van der Waals surface area contributed by atoms with E-state index in [0.717, 1.165) is 17.7 Å². The fourth-order valence-corrected chi connectivity index (χ4v) is 3.51. The molecule has 3 rings (SSSR count). The van der Waals surface area contributed by atoms with E-state index in [-0.39, 0.29) is 0 Å². The average Bonchev–Trinajstić information content (AvgIpc) is 2.66. The predicted molar refractivity (Wildman–Crippen MR) is 110 cm³/mol. The number of aromatic nitrogens is 1. The van der Waals surface area contributed by atoms with E-state index in [0.29, 0.717) is 13.0 Å². The molecule has 0 aliphatic heterocycles. The van der Waals surface area contributed by atoms with Gasteiger partial charge in [-0.1, -0.05) is 35.9 Å². The highest BCUT2D eigenvalue weighted by atomic mass is 16.5. The Morgan fingerprint density at radius 3 is 2.33 bits per heavy atom. The van der Waals surface area contributed by atoms with Crippen molar-refractivity contribution in [2.24, 2.45) is 0 Å². The highest BCUT2D eigenvalue weighted by molar-refractivity contribution is 5.71. The van der Waals surface area contributed by atoms with Crippen LogP contribution in [-0.2, 0) is 6.42 Å². The Morgan fingerprint density at radius 1 is 1.00 bits per heavy atom. The zero-order chi connectivity index (χ0) is 19.2. The Morgan fingerprint density at radius 2 is 1.70 bits per heavy atom. The summed E-state index contributed by atoms with van der Waals surface area (Å²) in [6.07, 6.45) is 4.55. The van der Waals surface area contributed by atoms with Gasteiger partial charge >= 0.3 is 0 Å². The zero-order valence-corrected chi connectivity index (χ0v) is 16.3. The first kappa shape index (κ1) is 19.1. The van der Waals surface area contributed by atoms with Crippen LogP contribution in [0.25, 0.3) is 11.1 Å². The van der Waals surface area contributed by atoms with E-state index in [1.54, 1.807) is 6.20 Å². The summed E-state index contributed by atoms with van der Waals surface area (Å²) in [5, 5.41) is 10.2. The maximum atomic E-state index is 10.2. The number of ether oxygens (including phenoxy) is 1. The standard InChI is InChI=1S/C24H27NO2/c1-17-13-18(2)24(19(3)14-17)21-7-10-23(11-8-21)27-16-22(26)9-6-20-5-4-12-25-15-20/h4-5,7-8,10-15,22,26H,6,9,16H2,1-3H3/t22-/m1/s1. The number of benzene rings is 2. The third-order valence-corrected chi connectivity index (χ3v) is 4.75. The smallest absolute Gasteiger partial charge is 0.119 e. The van der Waals surface area contributed by atoms with Crippen molar-refractivity contribution in [2.45, 2.75) is 39.7 Å². The lowest BCUT2D eigenvalue weighted by Gasteiger charge is -2.14. The van der Waals surface area contributed by atoms with Gasteiger partial charge in [0.1, 0.15) is 12.4 Å². The molecule has 1 N–H and O–H groups in total. The van der Waals surface area contributed by atoms with Gasteiger partial charge in [0, 0.05) is 12.4 Å². The Bertz CT molecular complexity index is 850. The van der Waals surface area contributed by atoms with Crippen molar-refractivity contribution >= 4 is 0 Å². The first-order valence-electron chi connectivity index (χ1n) is 9.41. The van der Waals surface area contributed by atoms with Crippen LogP contribution in [0.4, 0.5) is 0 Å². The maximum Gasteiger partial charge on any atom is 0.119 e. The molecule has 0 fully saturated rings. The minimum atomic E-state index is -0.494. The van der Waals surface area contributed by atoms with Gasteiger partial charge in [0.2, 0.25) is 0 Å². The maximum absolute atomic E-state index is 10.2. The van der Waals surface area contributed by atoms with Gasteiger partial charge in [0.25, 0.3) is 0 Å². The average molecular weight is 361 g/mol. The van der Waals surface area contributed by atoms with Crippen molar-refractivity contribution in [3.63, 3.8) is 0 Å². The molecule has 0 aliphatic rings. The molecule has 3 nitrogen and oxygen atoms in total. The van der Waals surface area contributed by atoms with E-state index < -0.39 is 6.10 Å². The van der Waals surface area contributed by atoms with E-state index in [4.69, 9.17) is 4.74 Å². The first-order valence-corrected chi connectivity index (χ1v) is 9.41. The van der Waals surface area contributed by atoms with Gasteiger partial charge in [0.05, 0.1) is 6.10 Å². The summed E-state index contributed by atoms with van der Waals surface area (Å²) in [7, 11) is 0. The number of aryl methyl sites for hydroxylation is 4. The topological polar surface area (TPSA) is 42.4 Å². The summed E-state index contributed by atoms with van der Waals surface area (Å²) in [5.74, 6) is 0.779. The Labute approximate surface area is 161 Å². The molecule has 0 spiro atoms. The lowest BCUT2D eigenvalue weighted by Crippen LogP contribution is -2.18. The van der Waals surface area contributed by atoms with Crippen LogP contribution in [0.15, 0.2) is 60.9 Å². The summed E-state index contributed by atoms with van der Waals surface area (Å²) in [4.78, 5) is 4.09. The number of hydrogen-bond acceptors (Lipinski definition) is 3. The molecule has 0 saturated heterocycles. The SMILES string of the molecule is Cc1cc(C)c(-c2ccc(OC[C@H](O)CCc3cccnc3)cc2)c(C)c1. The number of nitrogens with zero attached hydrogens (tertiary/aromatic N) is 1. The van der Waals surface area contributed by atoms with E-state index in [2.05, 4.69) is 50.0 Å². The summed E-state index contributed by atoms with van der Waals surface area (Å²) in [6, 6.07) is 16.5. The van der Waals surface area contributed by atoms with Crippen molar-refractivity contribution < 1.29 is 9.84 Å². The minimum absolute atomic E-state index is 0.294. The van der Waals surface area contributed by atoms with E-state index in [1.165, 1.54) is 27.8 Å². The van der Waals surface area contributed by atoms with Gasteiger partial charge in [-0.25, -0.2) is 0 Å². The fourth-order valence-electron chi connectivity index (χ4n) is 3.51. The summed E-state index contributed by atoms with van der Waals surface area (Å²) < 4.78 is 5.76. The fraction of sp³-hybridized carbons (Fsp3) is 0.292. The number of aliphatic hydroxyl groups is 1. The third kappa shape index (κ3) is 5.18. The Hall–Kier alpha value is -2.65. The lowest BCUT2D eigenvalue weighted by molar-refractivity contribution is 0.100. The number of aliphatic hydroxyl groups excluding tert-OH is 1. The van der Waals surface area contributed by atoms with Crippen LogP contribution in [0.5, 0.6) is 5.75 Å². The van der Waals surface area contributed by atoms with Crippen molar-refractivity contribution in [3.05, 3.63) is 83.2 Å². The highest BCUT2D eigenvalue weighted by Gasteiger charge is 2.09. The molecule has 0 bridgehead atoms. The zero-order valence-electron chi connectivity index (χ0n) is 16.3. The minimum Gasteiger partial charge on any atom is -0.491 e. The molecule has 2 aromatic carbocycles. The van der Waals surface area contributed by atoms with E-state index >= 15 is 0 Å². The van der Waals surface area contributed by atoms with Gasteiger partial charge in [-0.15, -0.1) is 0 Å². The molecule has 1 heterocycles. The van der Waals surface area contributed by atoms with Crippen molar-refractivity contribution in [1.29, 1.82) is 0 Å². The number of pyridine rings is 1. The number of hydrogen-bond donors (Lipinski definition) is 1. The molecular formula is C24H27NO2. The molecule has 3 aromatic rings. The molecule has 0 aliphatic carbocycles. The molecule has 0 radical (unpaired) electrons. The molecule has 3 heteroatoms. The Balaban J connectivity index is 1.56. The molecule has 1 atom stereocenters. The molecule has 27 heavy (non-hydrogen) atoms. The van der Waals surface area contributed by atoms with Crippen LogP contribution in [0, 0.1) is 20.8 Å². The first-order chi connectivity index (χ1) is 13.0. The summed E-state index contributed by atoms with van der Waals surface area (Å²) in [5.41, 5.74) is 7.45. The third-order valence-electron chi connectivity index (χ3n) is 4.75. The van der Waals surface area contributed by atoms with E-state index in [9.17, 15) is 5.11 Å². The molecule has 1 aromatic heterocycles. The lowest BCUT2D eigenvalue weighted by atomic mass is 9.94. The van der Waals surface area contributed by atoms with Crippen LogP contribution in [-0.4, -0.2) is 22.8 Å². The second-order valence-corrected chi connectivity index (χ2v) is 7.16. The second kappa shape index (κ2) is 8.83. The van der Waals surface area contributed by atoms with Gasteiger partial charge < -0.3 is 9.84 Å². The highest BCUT2D eigenvalue weighted by Crippen LogP contribution is 2.29. The monoisotopic (exact) mass is 361 g/mol. The van der Waals surface area contributed by atoms with Crippen molar-refractivity contribution in [1.82, 2.24) is 4.98 Å². The van der Waals surface area contributed by atoms with Crippen molar-refractivity contribution in [3.8, 4) is 16.9 Å². The second-order valence-electron chi connectivity index (χ2n) is 7.16. The van der Waals surface area contributed by atoms with Crippen LogP contribution < -0.4 is 4.74 Å². The van der Waals surface area contributed by atoms with Crippen LogP contribution in [0.3, 0.4) is 0 Å². The van der Waals surface area contributed by atoms with Gasteiger partial charge in [-0.3, -0.25) is 4.98 Å². The summed E-state index contributed by atoms with van der Waals surface area (Å²) in [6.45, 7) is 6.72. The largest absolute Gasteiger partial charge is 0.491 e. The van der Waals surface area contributed by atoms with Crippen LogP contribution in [0.2, 0.25) is 0 Å². The molecular weight excluding hydrogens is 334 g/mol. The normalized spacial score (nSPS) is 12.0. The van der Waals surface area contributed by atoms with E-state index in [1.807, 2.05) is 30.5 Å². The van der Waals surface area contributed by atoms with Gasteiger partial charge in [0.15, 0.2) is 0 Å². The van der Waals surface area contributed by atoms with Crippen LogP contribution >= 0.6 is 0 Å². The van der Waals surface area contributed by atoms with Crippen molar-refractivity contribution in [2.75, 3.05) is 6.61 Å². The van der Waals surface area contributed by atoms with Gasteiger partial charge in [-0.05, 0) is 79.6 Å².